The first kappa shape index (κ1) is 15.4. The van der Waals surface area contributed by atoms with Gasteiger partial charge in [0.2, 0.25) is 0 Å². The minimum absolute atomic E-state index is 0.169. The molecule has 3 aromatic rings. The topological polar surface area (TPSA) is 56.1 Å². The molecule has 0 atom stereocenters. The number of ether oxygens (including phenoxy) is 1. The first-order valence-electron chi connectivity index (χ1n) is 8.38. The molecular formula is C20H19N3O2. The molecule has 0 unspecified atom stereocenters. The minimum atomic E-state index is -0.169. The molecule has 1 aliphatic carbocycles. The van der Waals surface area contributed by atoms with Gasteiger partial charge in [0.05, 0.1) is 12.8 Å². The Morgan fingerprint density at radius 3 is 2.56 bits per heavy atom. The van der Waals surface area contributed by atoms with E-state index >= 15 is 0 Å². The zero-order chi connectivity index (χ0) is 17.2. The number of nitrogens with one attached hydrogen (secondary N) is 1. The van der Waals surface area contributed by atoms with Crippen LogP contribution in [0.3, 0.4) is 0 Å². The molecule has 0 spiro atoms. The molecule has 1 N–H and O–H groups in total. The van der Waals surface area contributed by atoms with Crippen LogP contribution in [0, 0.1) is 0 Å². The number of amides is 1. The van der Waals surface area contributed by atoms with Crippen LogP contribution in [-0.4, -0.2) is 22.8 Å². The molecule has 0 saturated heterocycles. The Hall–Kier alpha value is -3.08. The molecule has 4 rings (SSSR count). The Bertz CT molecular complexity index is 899. The summed E-state index contributed by atoms with van der Waals surface area (Å²) >= 11 is 0. The van der Waals surface area contributed by atoms with Crippen LogP contribution in [0.5, 0.6) is 5.75 Å². The molecule has 0 saturated carbocycles. The first-order valence-corrected chi connectivity index (χ1v) is 8.38. The summed E-state index contributed by atoms with van der Waals surface area (Å²) in [5.41, 5.74) is 4.45. The Kier molecular flexibility index (Phi) is 3.98. The Morgan fingerprint density at radius 2 is 1.84 bits per heavy atom. The number of para-hydroxylation sites is 1. The molecule has 5 heteroatoms. The maximum absolute atomic E-state index is 12.8. The van der Waals surface area contributed by atoms with Crippen LogP contribution >= 0.6 is 0 Å². The first-order chi connectivity index (χ1) is 12.3. The van der Waals surface area contributed by atoms with Crippen LogP contribution in [0.2, 0.25) is 0 Å². The summed E-state index contributed by atoms with van der Waals surface area (Å²) < 4.78 is 7.05. The fraction of sp³-hybridized carbons (Fsp3) is 0.200. The van der Waals surface area contributed by atoms with Crippen LogP contribution in [0.25, 0.3) is 5.69 Å². The maximum Gasteiger partial charge on any atom is 0.276 e. The number of hydrogen-bond acceptors (Lipinski definition) is 3. The predicted molar refractivity (Wildman–Crippen MR) is 96.5 cm³/mol. The van der Waals surface area contributed by atoms with E-state index in [2.05, 4.69) is 10.4 Å². The summed E-state index contributed by atoms with van der Waals surface area (Å²) in [4.78, 5) is 12.8. The lowest BCUT2D eigenvalue weighted by Crippen LogP contribution is -2.14. The number of benzene rings is 2. The molecule has 5 nitrogen and oxygen atoms in total. The largest absolute Gasteiger partial charge is 0.497 e. The zero-order valence-electron chi connectivity index (χ0n) is 14.0. The Labute approximate surface area is 146 Å². The van der Waals surface area contributed by atoms with Gasteiger partial charge in [0.25, 0.3) is 5.91 Å². The van der Waals surface area contributed by atoms with Gasteiger partial charge in [-0.05, 0) is 55.7 Å². The van der Waals surface area contributed by atoms with Gasteiger partial charge in [0.15, 0.2) is 5.69 Å². The second kappa shape index (κ2) is 6.43. The summed E-state index contributed by atoms with van der Waals surface area (Å²) in [6.45, 7) is 0. The lowest BCUT2D eigenvalue weighted by atomic mass is 10.2. The van der Waals surface area contributed by atoms with Crippen molar-refractivity contribution in [3.63, 3.8) is 0 Å². The third kappa shape index (κ3) is 2.89. The average molecular weight is 333 g/mol. The maximum atomic E-state index is 12.8. The van der Waals surface area contributed by atoms with Crippen molar-refractivity contribution in [3.05, 3.63) is 71.5 Å². The number of methoxy groups -OCH3 is 1. The second-order valence-electron chi connectivity index (χ2n) is 6.06. The molecule has 0 bridgehead atoms. The SMILES string of the molecule is COc1ccc(NC(=O)c2nn(-c3ccccc3)c3c2CCC3)cc1. The van der Waals surface area contributed by atoms with Crippen LogP contribution < -0.4 is 10.1 Å². The van der Waals surface area contributed by atoms with E-state index in [1.165, 1.54) is 0 Å². The minimum Gasteiger partial charge on any atom is -0.497 e. The van der Waals surface area contributed by atoms with Crippen molar-refractivity contribution >= 4 is 11.6 Å². The average Bonchev–Trinajstić information content (AvgIpc) is 3.25. The fourth-order valence-corrected chi connectivity index (χ4v) is 3.27. The quantitative estimate of drug-likeness (QED) is 0.793. The summed E-state index contributed by atoms with van der Waals surface area (Å²) in [6, 6.07) is 17.3. The Morgan fingerprint density at radius 1 is 1.08 bits per heavy atom. The highest BCUT2D eigenvalue weighted by Gasteiger charge is 2.26. The number of nitrogens with zero attached hydrogens (tertiary/aromatic N) is 2. The van der Waals surface area contributed by atoms with Gasteiger partial charge in [0, 0.05) is 16.9 Å². The van der Waals surface area contributed by atoms with Crippen molar-refractivity contribution in [3.8, 4) is 11.4 Å². The predicted octanol–water partition coefficient (Wildman–Crippen LogP) is 3.62. The standard InChI is InChI=1S/C20H19N3O2/c1-25-16-12-10-14(11-13-16)21-20(24)19-17-8-5-9-18(17)23(22-19)15-6-3-2-4-7-15/h2-4,6-7,10-13H,5,8-9H2,1H3,(H,21,24). The van der Waals surface area contributed by atoms with Gasteiger partial charge in [-0.25, -0.2) is 4.68 Å². The second-order valence-corrected chi connectivity index (χ2v) is 6.06. The van der Waals surface area contributed by atoms with Gasteiger partial charge >= 0.3 is 0 Å². The summed E-state index contributed by atoms with van der Waals surface area (Å²) in [6.07, 6.45) is 2.91. The zero-order valence-corrected chi connectivity index (χ0v) is 14.0. The van der Waals surface area contributed by atoms with E-state index in [9.17, 15) is 4.79 Å². The highest BCUT2D eigenvalue weighted by molar-refractivity contribution is 6.04. The molecule has 25 heavy (non-hydrogen) atoms. The van der Waals surface area contributed by atoms with Gasteiger partial charge in [0.1, 0.15) is 5.75 Å². The summed E-state index contributed by atoms with van der Waals surface area (Å²) in [7, 11) is 1.62. The normalized spacial score (nSPS) is 12.7. The lowest BCUT2D eigenvalue weighted by Gasteiger charge is -2.06. The molecule has 1 aliphatic rings. The molecule has 126 valence electrons. The molecule has 0 aliphatic heterocycles. The van der Waals surface area contributed by atoms with E-state index in [-0.39, 0.29) is 5.91 Å². The highest BCUT2D eigenvalue weighted by Crippen LogP contribution is 2.28. The van der Waals surface area contributed by atoms with Crippen molar-refractivity contribution in [1.82, 2.24) is 9.78 Å². The van der Waals surface area contributed by atoms with Crippen molar-refractivity contribution in [1.29, 1.82) is 0 Å². The van der Waals surface area contributed by atoms with E-state index in [1.54, 1.807) is 7.11 Å². The number of aromatic nitrogens is 2. The van der Waals surface area contributed by atoms with Crippen molar-refractivity contribution < 1.29 is 9.53 Å². The molecule has 0 fully saturated rings. The molecular weight excluding hydrogens is 314 g/mol. The summed E-state index contributed by atoms with van der Waals surface area (Å²) in [5.74, 6) is 0.588. The monoisotopic (exact) mass is 333 g/mol. The van der Waals surface area contributed by atoms with Crippen molar-refractivity contribution in [2.45, 2.75) is 19.3 Å². The fourth-order valence-electron chi connectivity index (χ4n) is 3.27. The van der Waals surface area contributed by atoms with Gasteiger partial charge in [-0.1, -0.05) is 18.2 Å². The van der Waals surface area contributed by atoms with Crippen molar-refractivity contribution in [2.24, 2.45) is 0 Å². The number of hydrogen-bond donors (Lipinski definition) is 1. The number of anilines is 1. The highest BCUT2D eigenvalue weighted by atomic mass is 16.5. The van der Waals surface area contributed by atoms with E-state index in [0.29, 0.717) is 5.69 Å². The van der Waals surface area contributed by atoms with Crippen LogP contribution in [0.15, 0.2) is 54.6 Å². The molecule has 1 heterocycles. The lowest BCUT2D eigenvalue weighted by molar-refractivity contribution is 0.102. The van der Waals surface area contributed by atoms with Crippen LogP contribution in [-0.2, 0) is 12.8 Å². The Balaban J connectivity index is 1.65. The number of carbonyl (C=O) groups excluding carboxylic acids is 1. The van der Waals surface area contributed by atoms with E-state index in [4.69, 9.17) is 4.74 Å². The van der Waals surface area contributed by atoms with E-state index in [1.807, 2.05) is 59.3 Å². The van der Waals surface area contributed by atoms with E-state index in [0.717, 1.165) is 47.6 Å². The van der Waals surface area contributed by atoms with Gasteiger partial charge in [-0.2, -0.15) is 5.10 Å². The molecule has 1 amide bonds. The van der Waals surface area contributed by atoms with E-state index < -0.39 is 0 Å². The molecule has 2 aromatic carbocycles. The molecule has 0 radical (unpaired) electrons. The van der Waals surface area contributed by atoms with Crippen LogP contribution in [0.1, 0.15) is 28.2 Å². The summed E-state index contributed by atoms with van der Waals surface area (Å²) in [5, 5.41) is 7.55. The number of carbonyl (C=O) groups is 1. The van der Waals surface area contributed by atoms with Crippen molar-refractivity contribution in [2.75, 3.05) is 12.4 Å². The van der Waals surface area contributed by atoms with Gasteiger partial charge in [-0.15, -0.1) is 0 Å². The smallest absolute Gasteiger partial charge is 0.276 e. The third-order valence-electron chi connectivity index (χ3n) is 4.49. The van der Waals surface area contributed by atoms with Crippen LogP contribution in [0.4, 0.5) is 5.69 Å². The third-order valence-corrected chi connectivity index (χ3v) is 4.49. The van der Waals surface area contributed by atoms with Gasteiger partial charge in [-0.3, -0.25) is 4.79 Å². The van der Waals surface area contributed by atoms with Gasteiger partial charge < -0.3 is 10.1 Å². The molecule has 1 aromatic heterocycles. The number of rotatable bonds is 4. The number of fused-ring (bicyclic) bond motifs is 1.